The second-order valence-corrected chi connectivity index (χ2v) is 4.67. The van der Waals surface area contributed by atoms with Crippen molar-refractivity contribution < 1.29 is 27.4 Å². The number of carbonyl (C=O) groups is 1. The highest BCUT2D eigenvalue weighted by Gasteiger charge is 2.47. The quantitative estimate of drug-likeness (QED) is 0.719. The number of hydrogen-bond donors (Lipinski definition) is 0. The first-order chi connectivity index (χ1) is 8.36. The second-order valence-electron chi connectivity index (χ2n) is 3.58. The van der Waals surface area contributed by atoms with E-state index in [4.69, 9.17) is 4.74 Å². The summed E-state index contributed by atoms with van der Waals surface area (Å²) in [5.41, 5.74) is -0.788. The molecule has 1 fully saturated rings. The van der Waals surface area contributed by atoms with Crippen molar-refractivity contribution in [2.24, 2.45) is 4.99 Å². The lowest BCUT2D eigenvalue weighted by atomic mass is 10.1. The smallest absolute Gasteiger partial charge is 0.439 e. The monoisotopic (exact) mass is 279 g/mol. The second kappa shape index (κ2) is 5.08. The maximum atomic E-state index is 12.4. The van der Waals surface area contributed by atoms with Gasteiger partial charge in [0.05, 0.1) is 6.04 Å². The van der Waals surface area contributed by atoms with Crippen molar-refractivity contribution in [1.82, 2.24) is 0 Å². The van der Waals surface area contributed by atoms with Gasteiger partial charge in [0, 0.05) is 19.8 Å². The third-order valence-electron chi connectivity index (χ3n) is 2.11. The van der Waals surface area contributed by atoms with Crippen molar-refractivity contribution in [3.63, 3.8) is 0 Å². The Kier molecular flexibility index (Phi) is 3.86. The molecule has 3 atom stereocenters. The van der Waals surface area contributed by atoms with Crippen molar-refractivity contribution in [3.05, 3.63) is 12.8 Å². The number of thioether (sulfide) groups is 1. The fourth-order valence-corrected chi connectivity index (χ4v) is 2.36. The van der Waals surface area contributed by atoms with Crippen LogP contribution in [0, 0.1) is 12.8 Å². The summed E-state index contributed by atoms with van der Waals surface area (Å²) in [6.07, 6.45) is -0.0141. The fourth-order valence-electron chi connectivity index (χ4n) is 1.38. The molecule has 0 aromatic heterocycles. The van der Waals surface area contributed by atoms with Crippen LogP contribution in [0.5, 0.6) is 0 Å². The van der Waals surface area contributed by atoms with Gasteiger partial charge >= 0.3 is 12.1 Å². The van der Waals surface area contributed by atoms with Crippen LogP contribution >= 0.6 is 11.8 Å². The highest BCUT2D eigenvalue weighted by molar-refractivity contribution is 8.14. The Labute approximate surface area is 106 Å². The first-order valence-corrected chi connectivity index (χ1v) is 5.86. The van der Waals surface area contributed by atoms with E-state index in [0.29, 0.717) is 11.8 Å². The molecule has 2 aliphatic rings. The maximum absolute atomic E-state index is 12.4. The molecule has 8 heteroatoms. The van der Waals surface area contributed by atoms with Gasteiger partial charge < -0.3 is 9.47 Å². The molecule has 2 heterocycles. The van der Waals surface area contributed by atoms with Gasteiger partial charge in [0.25, 0.3) is 0 Å². The van der Waals surface area contributed by atoms with Gasteiger partial charge in [-0.05, 0) is 0 Å². The molecule has 98 valence electrons. The van der Waals surface area contributed by atoms with E-state index in [-0.39, 0.29) is 6.61 Å². The maximum Gasteiger partial charge on any atom is 0.439 e. The van der Waals surface area contributed by atoms with E-state index in [1.54, 1.807) is 0 Å². The van der Waals surface area contributed by atoms with Crippen LogP contribution in [-0.4, -0.2) is 41.4 Å². The van der Waals surface area contributed by atoms with E-state index in [2.05, 4.69) is 22.6 Å². The molecule has 0 unspecified atom stereocenters. The summed E-state index contributed by atoms with van der Waals surface area (Å²) in [5.74, 6) is -0.492. The van der Waals surface area contributed by atoms with Crippen molar-refractivity contribution in [2.45, 2.75) is 30.7 Å². The van der Waals surface area contributed by atoms with Gasteiger partial charge in [-0.1, -0.05) is 11.8 Å². The van der Waals surface area contributed by atoms with Gasteiger partial charge in [-0.2, -0.15) is 13.2 Å². The molecule has 2 aliphatic heterocycles. The van der Waals surface area contributed by atoms with Crippen LogP contribution in [0.3, 0.4) is 0 Å². The number of ether oxygens (including phenoxy) is 2. The van der Waals surface area contributed by atoms with Crippen molar-refractivity contribution in [3.8, 4) is 0 Å². The Morgan fingerprint density at radius 3 is 2.89 bits per heavy atom. The fraction of sp³-hybridized carbons (Fsp3) is 0.600. The zero-order valence-electron chi connectivity index (χ0n) is 9.15. The van der Waals surface area contributed by atoms with Crippen LogP contribution in [-0.2, 0) is 14.3 Å². The van der Waals surface area contributed by atoms with E-state index < -0.39 is 34.8 Å². The number of nitrogens with zero attached hydrogens (tertiary/aromatic N) is 1. The van der Waals surface area contributed by atoms with Gasteiger partial charge in [-0.15, -0.1) is 0 Å². The molecule has 0 aliphatic carbocycles. The molecule has 0 saturated carbocycles. The first-order valence-electron chi connectivity index (χ1n) is 4.98. The van der Waals surface area contributed by atoms with Gasteiger partial charge in [0.2, 0.25) is 0 Å². The number of esters is 1. The van der Waals surface area contributed by atoms with E-state index in [1.165, 1.54) is 6.92 Å². The number of hydrogen-bond acceptors (Lipinski definition) is 5. The Balaban J connectivity index is 1.89. The lowest BCUT2D eigenvalue weighted by Gasteiger charge is -2.28. The number of carbonyl (C=O) groups excluding carboxylic acids is 1. The summed E-state index contributed by atoms with van der Waals surface area (Å²) in [5, 5.41) is -0.931. The average molecular weight is 279 g/mol. The minimum atomic E-state index is -4.47. The largest absolute Gasteiger partial charge is 0.463 e. The molecule has 0 amide bonds. The molecule has 4 radical (unpaired) electrons. The molecule has 0 aromatic carbocycles. The van der Waals surface area contributed by atoms with Gasteiger partial charge in [-0.3, -0.25) is 9.79 Å². The van der Waals surface area contributed by atoms with Crippen LogP contribution in [0.2, 0.25) is 0 Å². The molecule has 4 nitrogen and oxygen atoms in total. The van der Waals surface area contributed by atoms with Crippen molar-refractivity contribution in [1.29, 1.82) is 0 Å². The molecule has 18 heavy (non-hydrogen) atoms. The van der Waals surface area contributed by atoms with E-state index in [1.807, 2.05) is 0 Å². The van der Waals surface area contributed by atoms with Gasteiger partial charge in [0.1, 0.15) is 18.1 Å². The Hall–Kier alpha value is -0.760. The minimum absolute atomic E-state index is 0.0898. The van der Waals surface area contributed by atoms with Gasteiger partial charge in [0.15, 0.2) is 5.04 Å². The predicted molar refractivity (Wildman–Crippen MR) is 56.6 cm³/mol. The summed E-state index contributed by atoms with van der Waals surface area (Å²) in [6, 6.07) is -0.805. The van der Waals surface area contributed by atoms with Crippen LogP contribution in [0.15, 0.2) is 4.99 Å². The summed E-state index contributed by atoms with van der Waals surface area (Å²) in [7, 11) is 0. The zero-order chi connectivity index (χ0) is 13.3. The Morgan fingerprint density at radius 1 is 1.56 bits per heavy atom. The molecule has 0 aromatic rings. The molecular weight excluding hydrogens is 271 g/mol. The Bertz CT molecular complexity index is 372. The lowest BCUT2D eigenvalue weighted by Crippen LogP contribution is -2.37. The Morgan fingerprint density at radius 2 is 2.28 bits per heavy atom. The van der Waals surface area contributed by atoms with Crippen LogP contribution in [0.1, 0.15) is 6.92 Å². The summed E-state index contributed by atoms with van der Waals surface area (Å²) < 4.78 is 47.3. The molecule has 0 spiro atoms. The third-order valence-corrected chi connectivity index (χ3v) is 3.27. The van der Waals surface area contributed by atoms with E-state index in [9.17, 15) is 18.0 Å². The summed E-state index contributed by atoms with van der Waals surface area (Å²) >= 11 is 0.499. The lowest BCUT2D eigenvalue weighted by molar-refractivity contribution is -0.145. The van der Waals surface area contributed by atoms with Gasteiger partial charge in [-0.25, -0.2) is 0 Å². The summed E-state index contributed by atoms with van der Waals surface area (Å²) in [6.45, 7) is 1.14. The molecular formula is C10H8F3NO3S. The van der Waals surface area contributed by atoms with E-state index in [0.717, 1.165) is 0 Å². The van der Waals surface area contributed by atoms with Crippen molar-refractivity contribution in [2.75, 3.05) is 6.61 Å². The number of rotatable bonds is 2. The number of halogens is 3. The number of aliphatic imine (C=N–C) groups is 1. The van der Waals surface area contributed by atoms with Crippen molar-refractivity contribution >= 4 is 22.8 Å². The number of alkyl halides is 3. The molecule has 2 rings (SSSR count). The third kappa shape index (κ3) is 3.17. The SMILES string of the molecule is CC(=O)OC[C@H]1[C][C][C@H]2N=C(C(F)(F)F)S[C@H]2O1. The van der Waals surface area contributed by atoms with Crippen LogP contribution < -0.4 is 0 Å². The minimum Gasteiger partial charge on any atom is -0.463 e. The van der Waals surface area contributed by atoms with E-state index >= 15 is 0 Å². The number of fused-ring (bicyclic) bond motifs is 1. The normalized spacial score (nSPS) is 31.8. The zero-order valence-corrected chi connectivity index (χ0v) is 9.97. The predicted octanol–water partition coefficient (Wildman–Crippen LogP) is 1.51. The summed E-state index contributed by atoms with van der Waals surface area (Å²) in [4.78, 5) is 14.1. The van der Waals surface area contributed by atoms with Crippen LogP contribution in [0.4, 0.5) is 13.2 Å². The van der Waals surface area contributed by atoms with Crippen LogP contribution in [0.25, 0.3) is 0 Å². The molecule has 1 saturated heterocycles. The highest BCUT2D eigenvalue weighted by Crippen LogP contribution is 2.40. The molecule has 0 bridgehead atoms. The average Bonchev–Trinajstić information content (AvgIpc) is 2.68. The highest BCUT2D eigenvalue weighted by atomic mass is 32.2. The topological polar surface area (TPSA) is 47.9 Å². The molecule has 0 N–H and O–H groups in total. The first kappa shape index (κ1) is 13.7. The standard InChI is InChI=1S/C10H8F3NO3S/c1-5(15)16-4-6-2-3-7-8(17-6)18-9(14-7)10(11,12)13/h6-8H,4H2,1H3/t6-,7-,8-/m1/s1.